The molecular formula is C17H16BrF2NO4S. The maximum absolute atomic E-state index is 12.5. The minimum Gasteiger partial charge on any atom is -0.494 e. The molecule has 140 valence electrons. The van der Waals surface area contributed by atoms with Crippen LogP contribution in [0, 0.1) is 0 Å². The van der Waals surface area contributed by atoms with Gasteiger partial charge >= 0.3 is 5.76 Å². The Morgan fingerprint density at radius 1 is 1.08 bits per heavy atom. The number of hydrogen-bond acceptors (Lipinski definition) is 4. The van der Waals surface area contributed by atoms with E-state index in [0.29, 0.717) is 24.5 Å². The maximum Gasteiger partial charge on any atom is 0.341 e. The number of carbonyl (C=O) groups excluding carboxylic acids is 1. The molecule has 1 amide bonds. The second-order valence-electron chi connectivity index (χ2n) is 5.28. The van der Waals surface area contributed by atoms with Crippen molar-refractivity contribution in [2.45, 2.75) is 23.5 Å². The molecule has 5 nitrogen and oxygen atoms in total. The summed E-state index contributed by atoms with van der Waals surface area (Å²) in [5, 5.41) is 2.57. The lowest BCUT2D eigenvalue weighted by Gasteiger charge is -2.08. The average molecular weight is 448 g/mol. The molecule has 0 unspecified atom stereocenters. The number of nitrogens with one attached hydrogen (secondary N) is 1. The van der Waals surface area contributed by atoms with E-state index < -0.39 is 20.5 Å². The fourth-order valence-corrected chi connectivity index (χ4v) is 2.99. The van der Waals surface area contributed by atoms with Crippen LogP contribution in [0.2, 0.25) is 0 Å². The largest absolute Gasteiger partial charge is 0.494 e. The van der Waals surface area contributed by atoms with Gasteiger partial charge < -0.3 is 10.1 Å². The molecular weight excluding hydrogens is 432 g/mol. The maximum atomic E-state index is 12.5. The highest BCUT2D eigenvalue weighted by molar-refractivity contribution is 9.10. The summed E-state index contributed by atoms with van der Waals surface area (Å²) < 4.78 is 54.0. The predicted molar refractivity (Wildman–Crippen MR) is 97.1 cm³/mol. The van der Waals surface area contributed by atoms with Crippen LogP contribution in [-0.4, -0.2) is 26.7 Å². The summed E-state index contributed by atoms with van der Waals surface area (Å²) >= 11 is 3.32. The Kier molecular flexibility index (Phi) is 7.10. The first-order valence-electron chi connectivity index (χ1n) is 7.59. The van der Waals surface area contributed by atoms with E-state index in [1.165, 1.54) is 12.1 Å². The van der Waals surface area contributed by atoms with E-state index in [-0.39, 0.29) is 12.3 Å². The van der Waals surface area contributed by atoms with Gasteiger partial charge in [0.1, 0.15) is 5.75 Å². The molecule has 0 saturated heterocycles. The van der Waals surface area contributed by atoms with Crippen molar-refractivity contribution in [2.75, 3.05) is 11.9 Å². The lowest BCUT2D eigenvalue weighted by molar-refractivity contribution is -0.116. The van der Waals surface area contributed by atoms with Crippen LogP contribution in [0.3, 0.4) is 0 Å². The van der Waals surface area contributed by atoms with Crippen LogP contribution in [0.4, 0.5) is 14.5 Å². The third kappa shape index (κ3) is 5.77. The van der Waals surface area contributed by atoms with Gasteiger partial charge in [0.2, 0.25) is 15.7 Å². The van der Waals surface area contributed by atoms with Gasteiger partial charge in [0.25, 0.3) is 0 Å². The Bertz CT molecular complexity index is 840. The standard InChI is InChI=1S/C17H16BrF2NO4S/c18-12-3-7-14(8-4-12)25-11-1-2-16(22)21-13-5-9-15(10-6-13)26(23,24)17(19)20/h3-10,17H,1-2,11H2,(H,21,22). The molecule has 9 heteroatoms. The molecule has 26 heavy (non-hydrogen) atoms. The number of anilines is 1. The molecule has 0 bridgehead atoms. The zero-order chi connectivity index (χ0) is 19.2. The van der Waals surface area contributed by atoms with Gasteiger partial charge in [0.15, 0.2) is 0 Å². The molecule has 2 rings (SSSR count). The average Bonchev–Trinajstić information content (AvgIpc) is 2.60. The third-order valence-corrected chi connectivity index (χ3v) is 5.26. The van der Waals surface area contributed by atoms with Crippen LogP contribution in [0.1, 0.15) is 12.8 Å². The quantitative estimate of drug-likeness (QED) is 0.614. The van der Waals surface area contributed by atoms with Crippen LogP contribution in [0.5, 0.6) is 5.75 Å². The Morgan fingerprint density at radius 2 is 1.69 bits per heavy atom. The number of rotatable bonds is 8. The van der Waals surface area contributed by atoms with E-state index in [1.807, 2.05) is 12.1 Å². The second-order valence-corrected chi connectivity index (χ2v) is 8.12. The molecule has 2 aromatic rings. The number of sulfone groups is 1. The van der Waals surface area contributed by atoms with Crippen molar-refractivity contribution in [2.24, 2.45) is 0 Å². The Labute approximate surface area is 158 Å². The van der Waals surface area contributed by atoms with Crippen LogP contribution in [-0.2, 0) is 14.6 Å². The highest BCUT2D eigenvalue weighted by Gasteiger charge is 2.26. The van der Waals surface area contributed by atoms with Crippen molar-refractivity contribution < 1.29 is 26.7 Å². The Balaban J connectivity index is 1.78. The summed E-state index contributed by atoms with van der Waals surface area (Å²) in [5.41, 5.74) is 0.331. The number of alkyl halides is 2. The van der Waals surface area contributed by atoms with Crippen molar-refractivity contribution in [3.05, 3.63) is 53.0 Å². The summed E-state index contributed by atoms with van der Waals surface area (Å²) in [6.07, 6.45) is 0.688. The molecule has 0 radical (unpaired) electrons. The first-order chi connectivity index (χ1) is 12.3. The Hall–Kier alpha value is -2.00. The van der Waals surface area contributed by atoms with Gasteiger partial charge in [0, 0.05) is 16.6 Å². The van der Waals surface area contributed by atoms with E-state index in [1.54, 1.807) is 12.1 Å². The monoisotopic (exact) mass is 447 g/mol. The van der Waals surface area contributed by atoms with Gasteiger partial charge in [-0.15, -0.1) is 0 Å². The molecule has 1 N–H and O–H groups in total. The summed E-state index contributed by atoms with van der Waals surface area (Å²) in [4.78, 5) is 11.4. The fraction of sp³-hybridized carbons (Fsp3) is 0.235. The van der Waals surface area contributed by atoms with Gasteiger partial charge in [-0.25, -0.2) is 8.42 Å². The molecule has 0 aliphatic carbocycles. The first kappa shape index (κ1) is 20.3. The van der Waals surface area contributed by atoms with E-state index in [4.69, 9.17) is 4.74 Å². The third-order valence-electron chi connectivity index (χ3n) is 3.33. The smallest absolute Gasteiger partial charge is 0.341 e. The molecule has 0 heterocycles. The molecule has 0 aromatic heterocycles. The van der Waals surface area contributed by atoms with Crippen LogP contribution in [0.25, 0.3) is 0 Å². The topological polar surface area (TPSA) is 72.5 Å². The molecule has 0 atom stereocenters. The van der Waals surface area contributed by atoms with E-state index in [9.17, 15) is 22.0 Å². The molecule has 0 spiro atoms. The minimum atomic E-state index is -4.63. The van der Waals surface area contributed by atoms with Crippen molar-refractivity contribution in [1.82, 2.24) is 0 Å². The van der Waals surface area contributed by atoms with Crippen LogP contribution >= 0.6 is 15.9 Å². The van der Waals surface area contributed by atoms with Crippen LogP contribution in [0.15, 0.2) is 57.9 Å². The number of carbonyl (C=O) groups is 1. The van der Waals surface area contributed by atoms with Gasteiger partial charge in [-0.05, 0) is 55.0 Å². The zero-order valence-electron chi connectivity index (χ0n) is 13.5. The van der Waals surface area contributed by atoms with Crippen molar-refractivity contribution in [3.63, 3.8) is 0 Å². The predicted octanol–water partition coefficient (Wildman–Crippen LogP) is 4.24. The number of hydrogen-bond donors (Lipinski definition) is 1. The van der Waals surface area contributed by atoms with Crippen LogP contribution < -0.4 is 10.1 Å². The highest BCUT2D eigenvalue weighted by Crippen LogP contribution is 2.20. The molecule has 0 fully saturated rings. The minimum absolute atomic E-state index is 0.202. The number of benzene rings is 2. The summed E-state index contributed by atoms with van der Waals surface area (Å²) in [5.74, 6) is -3.06. The van der Waals surface area contributed by atoms with E-state index in [0.717, 1.165) is 16.6 Å². The molecule has 0 aliphatic heterocycles. The summed E-state index contributed by atoms with van der Waals surface area (Å²) in [6.45, 7) is 0.362. The van der Waals surface area contributed by atoms with Crippen molar-refractivity contribution >= 4 is 37.4 Å². The normalized spacial score (nSPS) is 11.4. The van der Waals surface area contributed by atoms with Crippen molar-refractivity contribution in [3.8, 4) is 5.75 Å². The van der Waals surface area contributed by atoms with Gasteiger partial charge in [0.05, 0.1) is 11.5 Å². The first-order valence-corrected chi connectivity index (χ1v) is 9.93. The van der Waals surface area contributed by atoms with Crippen molar-refractivity contribution in [1.29, 1.82) is 0 Å². The summed E-state index contributed by atoms with van der Waals surface area (Å²) in [6, 6.07) is 11.9. The lowest BCUT2D eigenvalue weighted by Crippen LogP contribution is -2.14. The number of halogens is 3. The van der Waals surface area contributed by atoms with E-state index >= 15 is 0 Å². The second kappa shape index (κ2) is 9.09. The van der Waals surface area contributed by atoms with Gasteiger partial charge in [-0.2, -0.15) is 8.78 Å². The Morgan fingerprint density at radius 3 is 2.27 bits per heavy atom. The summed E-state index contributed by atoms with van der Waals surface area (Å²) in [7, 11) is -4.63. The number of ether oxygens (including phenoxy) is 1. The van der Waals surface area contributed by atoms with E-state index in [2.05, 4.69) is 21.2 Å². The molecule has 0 aliphatic rings. The van der Waals surface area contributed by atoms with Gasteiger partial charge in [-0.1, -0.05) is 15.9 Å². The highest BCUT2D eigenvalue weighted by atomic mass is 79.9. The SMILES string of the molecule is O=C(CCCOc1ccc(Br)cc1)Nc1ccc(S(=O)(=O)C(F)F)cc1. The molecule has 2 aromatic carbocycles. The fourth-order valence-electron chi connectivity index (χ4n) is 2.01. The van der Waals surface area contributed by atoms with Gasteiger partial charge in [-0.3, -0.25) is 4.79 Å². The molecule has 0 saturated carbocycles. The number of amides is 1. The lowest BCUT2D eigenvalue weighted by atomic mass is 10.2. The zero-order valence-corrected chi connectivity index (χ0v) is 15.9.